The summed E-state index contributed by atoms with van der Waals surface area (Å²) in [4.78, 5) is 8.98. The molecule has 1 aromatic carbocycles. The lowest BCUT2D eigenvalue weighted by Crippen LogP contribution is -2.05. The fourth-order valence-corrected chi connectivity index (χ4v) is 2.72. The first-order valence-electron chi connectivity index (χ1n) is 9.22. The molecular weight excluding hydrogens is 308 g/mol. The van der Waals surface area contributed by atoms with Crippen molar-refractivity contribution in [3.63, 3.8) is 0 Å². The van der Waals surface area contributed by atoms with Crippen molar-refractivity contribution in [3.05, 3.63) is 52.8 Å². The molecule has 0 unspecified atom stereocenters. The number of hydrogen-bond acceptors (Lipinski definition) is 4. The molecule has 0 saturated carbocycles. The minimum Gasteiger partial charge on any atom is -0.245 e. The van der Waals surface area contributed by atoms with Crippen molar-refractivity contribution in [2.24, 2.45) is 11.0 Å². The first kappa shape index (κ1) is 19.1. The third-order valence-corrected chi connectivity index (χ3v) is 4.03. The Bertz CT molecular complexity index is 702. The zero-order valence-electron chi connectivity index (χ0n) is 16.1. The van der Waals surface area contributed by atoms with Crippen molar-refractivity contribution in [1.82, 2.24) is 9.97 Å². The molecule has 25 heavy (non-hydrogen) atoms. The summed E-state index contributed by atoms with van der Waals surface area (Å²) in [5, 5.41) is 4.46. The van der Waals surface area contributed by atoms with E-state index in [0.717, 1.165) is 48.3 Å². The van der Waals surface area contributed by atoms with E-state index in [9.17, 15) is 0 Å². The van der Waals surface area contributed by atoms with Crippen LogP contribution in [0.5, 0.6) is 0 Å². The average Bonchev–Trinajstić information content (AvgIpc) is 2.57. The van der Waals surface area contributed by atoms with Crippen molar-refractivity contribution >= 4 is 11.7 Å². The molecule has 134 valence electrons. The van der Waals surface area contributed by atoms with Gasteiger partial charge in [-0.3, -0.25) is 0 Å². The van der Waals surface area contributed by atoms with E-state index in [2.05, 4.69) is 65.5 Å². The highest BCUT2D eigenvalue weighted by atomic mass is 15.4. The lowest BCUT2D eigenvalue weighted by molar-refractivity contribution is 0.647. The van der Waals surface area contributed by atoms with Gasteiger partial charge < -0.3 is 0 Å². The lowest BCUT2D eigenvalue weighted by atomic mass is 10.0. The number of aryl methyl sites for hydroxylation is 2. The second-order valence-corrected chi connectivity index (χ2v) is 7.03. The van der Waals surface area contributed by atoms with Gasteiger partial charge in [0.25, 0.3) is 0 Å². The number of rotatable bonds is 8. The molecule has 1 N–H and O–H groups in total. The molecule has 2 aromatic rings. The summed E-state index contributed by atoms with van der Waals surface area (Å²) in [7, 11) is 0. The van der Waals surface area contributed by atoms with Crippen molar-refractivity contribution in [3.8, 4) is 0 Å². The molecule has 0 saturated heterocycles. The van der Waals surface area contributed by atoms with Crippen LogP contribution in [-0.2, 0) is 12.8 Å². The molecule has 0 aliphatic heterocycles. The molecule has 1 aromatic heterocycles. The minimum absolute atomic E-state index is 0.571. The smallest absolute Gasteiger partial charge is 0.243 e. The fraction of sp³-hybridized carbons (Fsp3) is 0.476. The van der Waals surface area contributed by atoms with Gasteiger partial charge in [0.2, 0.25) is 5.95 Å². The number of nitrogens with zero attached hydrogens (tertiary/aromatic N) is 3. The van der Waals surface area contributed by atoms with E-state index in [1.165, 1.54) is 5.56 Å². The van der Waals surface area contributed by atoms with Crippen LogP contribution < -0.4 is 5.43 Å². The Kier molecular flexibility index (Phi) is 7.11. The molecule has 2 rings (SSSR count). The average molecular weight is 338 g/mol. The Morgan fingerprint density at radius 3 is 2.52 bits per heavy atom. The molecule has 0 fully saturated rings. The highest BCUT2D eigenvalue weighted by molar-refractivity contribution is 5.99. The first-order valence-corrected chi connectivity index (χ1v) is 9.22. The molecule has 0 spiro atoms. The Morgan fingerprint density at radius 1 is 1.16 bits per heavy atom. The Balaban J connectivity index is 2.06. The highest BCUT2D eigenvalue weighted by Gasteiger charge is 2.03. The second kappa shape index (κ2) is 9.30. The number of aromatic nitrogens is 2. The summed E-state index contributed by atoms with van der Waals surface area (Å²) in [6.07, 6.45) is 4.39. The van der Waals surface area contributed by atoms with Gasteiger partial charge in [-0.05, 0) is 56.2 Å². The third-order valence-electron chi connectivity index (χ3n) is 4.03. The van der Waals surface area contributed by atoms with E-state index in [-0.39, 0.29) is 0 Å². The number of hydrazone groups is 1. The van der Waals surface area contributed by atoms with Crippen LogP contribution >= 0.6 is 0 Å². The molecule has 0 bridgehead atoms. The van der Waals surface area contributed by atoms with Crippen molar-refractivity contribution in [1.29, 1.82) is 0 Å². The van der Waals surface area contributed by atoms with Gasteiger partial charge in [-0.2, -0.15) is 5.10 Å². The first-order chi connectivity index (χ1) is 12.0. The topological polar surface area (TPSA) is 50.2 Å². The Labute approximate surface area is 151 Å². The van der Waals surface area contributed by atoms with Crippen LogP contribution in [0.15, 0.2) is 35.4 Å². The molecule has 0 amide bonds. The molecule has 4 heteroatoms. The van der Waals surface area contributed by atoms with Gasteiger partial charge in [0.1, 0.15) is 0 Å². The van der Waals surface area contributed by atoms with Gasteiger partial charge in [0.05, 0.1) is 5.71 Å². The molecule has 4 nitrogen and oxygen atoms in total. The van der Waals surface area contributed by atoms with Gasteiger partial charge in [-0.1, -0.05) is 51.5 Å². The van der Waals surface area contributed by atoms with Gasteiger partial charge in [-0.15, -0.1) is 0 Å². The number of nitrogens with one attached hydrogen (secondary N) is 1. The van der Waals surface area contributed by atoms with E-state index in [0.29, 0.717) is 11.9 Å². The van der Waals surface area contributed by atoms with Gasteiger partial charge >= 0.3 is 0 Å². The number of anilines is 1. The summed E-state index contributed by atoms with van der Waals surface area (Å²) in [6, 6.07) is 10.7. The maximum atomic E-state index is 4.55. The number of unbranched alkanes of at least 4 members (excludes halogenated alkanes) is 1. The monoisotopic (exact) mass is 338 g/mol. The standard InChI is InChI=1S/C21H30N4/c1-6-7-8-20-14-16(4)22-21(23-20)25-24-17(5)19-11-9-18(10-12-19)13-15(2)3/h9-12,14-15H,6-8,13H2,1-5H3,(H,22,23,25). The maximum Gasteiger partial charge on any atom is 0.243 e. The summed E-state index contributed by atoms with van der Waals surface area (Å²) >= 11 is 0. The maximum absolute atomic E-state index is 4.55. The normalized spacial score (nSPS) is 11.8. The number of benzene rings is 1. The number of hydrogen-bond donors (Lipinski definition) is 1. The molecular formula is C21H30N4. The van der Waals surface area contributed by atoms with Crippen LogP contribution in [0.1, 0.15) is 63.1 Å². The minimum atomic E-state index is 0.571. The van der Waals surface area contributed by atoms with Crippen molar-refractivity contribution < 1.29 is 0 Å². The van der Waals surface area contributed by atoms with Crippen molar-refractivity contribution in [2.75, 3.05) is 5.43 Å². The van der Waals surface area contributed by atoms with Gasteiger partial charge in [-0.25, -0.2) is 15.4 Å². The molecule has 0 atom stereocenters. The molecule has 1 heterocycles. The molecule has 0 aliphatic carbocycles. The van der Waals surface area contributed by atoms with E-state index in [1.54, 1.807) is 0 Å². The van der Waals surface area contributed by atoms with Crippen LogP contribution in [0.2, 0.25) is 0 Å². The zero-order valence-corrected chi connectivity index (χ0v) is 16.1. The van der Waals surface area contributed by atoms with E-state index in [1.807, 2.05) is 19.9 Å². The van der Waals surface area contributed by atoms with Crippen molar-refractivity contribution in [2.45, 2.75) is 60.3 Å². The molecule has 0 aliphatic rings. The predicted octanol–water partition coefficient (Wildman–Crippen LogP) is 5.16. The quantitative estimate of drug-likeness (QED) is 0.534. The van der Waals surface area contributed by atoms with E-state index < -0.39 is 0 Å². The SMILES string of the molecule is CCCCc1cc(C)nc(NN=C(C)c2ccc(CC(C)C)cc2)n1. The summed E-state index contributed by atoms with van der Waals surface area (Å²) < 4.78 is 0. The van der Waals surface area contributed by atoms with E-state index >= 15 is 0 Å². The highest BCUT2D eigenvalue weighted by Crippen LogP contribution is 2.12. The van der Waals surface area contributed by atoms with Crippen LogP contribution in [0.4, 0.5) is 5.95 Å². The van der Waals surface area contributed by atoms with E-state index in [4.69, 9.17) is 0 Å². The lowest BCUT2D eigenvalue weighted by Gasteiger charge is -2.08. The van der Waals surface area contributed by atoms with Crippen LogP contribution in [0, 0.1) is 12.8 Å². The summed E-state index contributed by atoms with van der Waals surface area (Å²) in [6.45, 7) is 10.7. The van der Waals surface area contributed by atoms with Gasteiger partial charge in [0.15, 0.2) is 0 Å². The third kappa shape index (κ3) is 6.29. The second-order valence-electron chi connectivity index (χ2n) is 7.03. The fourth-order valence-electron chi connectivity index (χ4n) is 2.72. The van der Waals surface area contributed by atoms with Crippen LogP contribution in [-0.4, -0.2) is 15.7 Å². The zero-order chi connectivity index (χ0) is 18.2. The van der Waals surface area contributed by atoms with Crippen LogP contribution in [0.3, 0.4) is 0 Å². The Hall–Kier alpha value is -2.23. The van der Waals surface area contributed by atoms with Crippen LogP contribution in [0.25, 0.3) is 0 Å². The predicted molar refractivity (Wildman–Crippen MR) is 106 cm³/mol. The Morgan fingerprint density at radius 2 is 1.88 bits per heavy atom. The van der Waals surface area contributed by atoms with Gasteiger partial charge in [0, 0.05) is 11.4 Å². The summed E-state index contributed by atoms with van der Waals surface area (Å²) in [5.41, 5.74) is 8.45. The summed E-state index contributed by atoms with van der Waals surface area (Å²) in [5.74, 6) is 1.24. The largest absolute Gasteiger partial charge is 0.245 e. The molecule has 0 radical (unpaired) electrons.